The van der Waals surface area contributed by atoms with Crippen LogP contribution < -0.4 is 16.5 Å². The maximum absolute atomic E-state index is 10.5. The zero-order valence-electron chi connectivity index (χ0n) is 13.7. The van der Waals surface area contributed by atoms with Crippen molar-refractivity contribution in [2.75, 3.05) is 24.6 Å². The Morgan fingerprint density at radius 1 is 1.29 bits per heavy atom. The number of phenols is 1. The van der Waals surface area contributed by atoms with Crippen molar-refractivity contribution in [1.82, 2.24) is 10.4 Å². The fourth-order valence-electron chi connectivity index (χ4n) is 2.55. The van der Waals surface area contributed by atoms with Crippen molar-refractivity contribution < 1.29 is 9.84 Å². The molecule has 0 aliphatic carbocycles. The Labute approximate surface area is 140 Å². The van der Waals surface area contributed by atoms with Gasteiger partial charge in [-0.2, -0.15) is 10.0 Å². The molecule has 1 aliphatic heterocycles. The Bertz CT molecular complexity index is 748. The van der Waals surface area contributed by atoms with Gasteiger partial charge in [-0.05, 0) is 31.2 Å². The van der Waals surface area contributed by atoms with E-state index >= 15 is 0 Å². The third kappa shape index (κ3) is 3.07. The van der Waals surface area contributed by atoms with E-state index in [1.54, 1.807) is 17.1 Å². The third-order valence-electron chi connectivity index (χ3n) is 3.69. The van der Waals surface area contributed by atoms with Crippen LogP contribution in [-0.2, 0) is 4.74 Å². The molecule has 2 aromatic carbocycles. The van der Waals surface area contributed by atoms with Gasteiger partial charge in [-0.1, -0.05) is 18.2 Å². The summed E-state index contributed by atoms with van der Waals surface area (Å²) in [7, 11) is 1.82. The molecule has 1 heterocycles. The molecule has 126 valence electrons. The number of hydrogen-bond acceptors (Lipinski definition) is 6. The molecule has 24 heavy (non-hydrogen) atoms. The Morgan fingerprint density at radius 3 is 2.75 bits per heavy atom. The molecule has 1 fully saturated rings. The van der Waals surface area contributed by atoms with Crippen molar-refractivity contribution in [3.05, 3.63) is 48.0 Å². The van der Waals surface area contributed by atoms with Crippen LogP contribution in [0.15, 0.2) is 47.5 Å². The highest BCUT2D eigenvalue weighted by molar-refractivity contribution is 5.79. The van der Waals surface area contributed by atoms with Crippen molar-refractivity contribution >= 4 is 23.1 Å². The molecule has 0 radical (unpaired) electrons. The number of phenolic OH excluding ortho intramolecular Hbond substituents is 1. The maximum atomic E-state index is 10.5. The number of nitrogens with two attached hydrogens (primary N) is 1. The van der Waals surface area contributed by atoms with Crippen molar-refractivity contribution in [3.63, 3.8) is 0 Å². The lowest BCUT2D eigenvalue weighted by Crippen LogP contribution is -2.30. The molecule has 0 bridgehead atoms. The number of nitrogens with one attached hydrogen (secondary N) is 2. The molecule has 0 aromatic heterocycles. The van der Waals surface area contributed by atoms with Gasteiger partial charge in [0.15, 0.2) is 0 Å². The highest BCUT2D eigenvalue weighted by Gasteiger charge is 2.32. The summed E-state index contributed by atoms with van der Waals surface area (Å²) < 4.78 is 5.85. The molecule has 1 atom stereocenters. The van der Waals surface area contributed by atoms with Crippen LogP contribution >= 0.6 is 0 Å². The van der Waals surface area contributed by atoms with Gasteiger partial charge in [0.25, 0.3) is 0 Å². The van der Waals surface area contributed by atoms with Gasteiger partial charge in [-0.25, -0.2) is 0 Å². The average molecular weight is 327 g/mol. The Morgan fingerprint density at radius 2 is 2.04 bits per heavy atom. The molecular weight excluding hydrogens is 306 g/mol. The van der Waals surface area contributed by atoms with Crippen molar-refractivity contribution in [3.8, 4) is 5.75 Å². The number of anilines is 2. The molecule has 0 spiro atoms. The van der Waals surface area contributed by atoms with Gasteiger partial charge in [-0.3, -0.25) is 5.43 Å². The predicted molar refractivity (Wildman–Crippen MR) is 94.9 cm³/mol. The van der Waals surface area contributed by atoms with Crippen molar-refractivity contribution in [2.45, 2.75) is 13.2 Å². The number of hydrogen-bond donors (Lipinski definition) is 4. The van der Waals surface area contributed by atoms with E-state index in [1.165, 1.54) is 0 Å². The van der Waals surface area contributed by atoms with E-state index in [2.05, 4.69) is 15.7 Å². The first-order chi connectivity index (χ1) is 11.6. The van der Waals surface area contributed by atoms with Crippen molar-refractivity contribution in [1.29, 1.82) is 0 Å². The van der Waals surface area contributed by atoms with Gasteiger partial charge in [0.05, 0.1) is 16.9 Å². The number of benzene rings is 2. The van der Waals surface area contributed by atoms with Gasteiger partial charge in [0.2, 0.25) is 6.23 Å². The molecule has 2 aromatic rings. The topological polar surface area (TPSA) is 95.1 Å². The smallest absolute Gasteiger partial charge is 0.306 e. The zero-order valence-corrected chi connectivity index (χ0v) is 13.7. The summed E-state index contributed by atoms with van der Waals surface area (Å²) in [4.78, 5) is 4.41. The third-order valence-corrected chi connectivity index (χ3v) is 3.69. The number of amidine groups is 1. The number of ether oxygens (including phenoxy) is 1. The van der Waals surface area contributed by atoms with Gasteiger partial charge in [0, 0.05) is 13.6 Å². The summed E-state index contributed by atoms with van der Waals surface area (Å²) >= 11 is 0. The Kier molecular flexibility index (Phi) is 4.43. The number of hydrazine groups is 1. The lowest BCUT2D eigenvalue weighted by molar-refractivity contribution is 0.0775. The van der Waals surface area contributed by atoms with Gasteiger partial charge in [0.1, 0.15) is 11.4 Å². The van der Waals surface area contributed by atoms with E-state index in [0.717, 1.165) is 5.69 Å². The molecule has 1 aliphatic rings. The quantitative estimate of drug-likeness (QED) is 0.509. The van der Waals surface area contributed by atoms with E-state index < -0.39 is 6.23 Å². The molecule has 0 amide bonds. The highest BCUT2D eigenvalue weighted by atomic mass is 16.6. The lowest BCUT2D eigenvalue weighted by atomic mass is 10.1. The average Bonchev–Trinajstić information content (AvgIpc) is 2.93. The summed E-state index contributed by atoms with van der Waals surface area (Å²) in [6.07, 6.45) is -0.509. The van der Waals surface area contributed by atoms with Crippen LogP contribution in [0.4, 0.5) is 17.1 Å². The standard InChI is InChI=1S/C17H21N5O2/c1-3-19-14-13(18)10-9-12(15(14)23)16-22(2)21-17(24-16)20-11-7-5-4-6-8-11/h4-10,16,19,23H,3,18H2,1-2H3,(H,20,21). The summed E-state index contributed by atoms with van der Waals surface area (Å²) in [5.41, 5.74) is 11.4. The summed E-state index contributed by atoms with van der Waals surface area (Å²) in [5, 5.41) is 15.4. The van der Waals surface area contributed by atoms with Crippen LogP contribution in [0.2, 0.25) is 0 Å². The summed E-state index contributed by atoms with van der Waals surface area (Å²) in [6, 6.07) is 13.4. The second-order valence-electron chi connectivity index (χ2n) is 5.44. The fraction of sp³-hybridized carbons (Fsp3) is 0.235. The van der Waals surface area contributed by atoms with E-state index in [1.807, 2.05) is 44.3 Å². The Hall–Kier alpha value is -2.93. The normalized spacial score (nSPS) is 19.1. The first kappa shape index (κ1) is 15.9. The lowest BCUT2D eigenvalue weighted by Gasteiger charge is -2.20. The molecule has 1 unspecified atom stereocenters. The van der Waals surface area contributed by atoms with E-state index in [9.17, 15) is 5.11 Å². The van der Waals surface area contributed by atoms with Crippen LogP contribution in [0, 0.1) is 0 Å². The Balaban J connectivity index is 1.88. The number of nitrogen functional groups attached to an aromatic ring is 1. The largest absolute Gasteiger partial charge is 0.505 e. The first-order valence-corrected chi connectivity index (χ1v) is 7.75. The van der Waals surface area contributed by atoms with Crippen LogP contribution in [0.5, 0.6) is 5.75 Å². The van der Waals surface area contributed by atoms with Crippen molar-refractivity contribution in [2.24, 2.45) is 4.99 Å². The molecule has 7 nitrogen and oxygen atoms in total. The molecular formula is C17H21N5O2. The van der Waals surface area contributed by atoms with Crippen LogP contribution in [0.3, 0.4) is 0 Å². The SMILES string of the molecule is CCNc1c(N)ccc(C2OC(=Nc3ccccc3)NN2C)c1O. The predicted octanol–water partition coefficient (Wildman–Crippen LogP) is 2.56. The number of aromatic hydroxyl groups is 1. The van der Waals surface area contributed by atoms with Crippen LogP contribution in [0.25, 0.3) is 0 Å². The molecule has 7 heteroatoms. The van der Waals surface area contributed by atoms with Gasteiger partial charge in [-0.15, -0.1) is 0 Å². The maximum Gasteiger partial charge on any atom is 0.306 e. The number of rotatable bonds is 4. The second kappa shape index (κ2) is 6.67. The van der Waals surface area contributed by atoms with Crippen LogP contribution in [-0.4, -0.2) is 29.7 Å². The minimum absolute atomic E-state index is 0.0801. The number of para-hydroxylation sites is 1. The minimum atomic E-state index is -0.509. The zero-order chi connectivity index (χ0) is 17.1. The van der Waals surface area contributed by atoms with Crippen LogP contribution in [0.1, 0.15) is 18.7 Å². The van der Waals surface area contributed by atoms with Gasteiger partial charge < -0.3 is 20.9 Å². The molecule has 3 rings (SSSR count). The monoisotopic (exact) mass is 327 g/mol. The summed E-state index contributed by atoms with van der Waals surface area (Å²) in [6.45, 7) is 2.59. The molecule has 1 saturated heterocycles. The fourth-order valence-corrected chi connectivity index (χ4v) is 2.55. The molecule has 5 N–H and O–H groups in total. The van der Waals surface area contributed by atoms with E-state index in [4.69, 9.17) is 10.5 Å². The highest BCUT2D eigenvalue weighted by Crippen LogP contribution is 2.39. The first-order valence-electron chi connectivity index (χ1n) is 7.75. The second-order valence-corrected chi connectivity index (χ2v) is 5.44. The summed E-state index contributed by atoms with van der Waals surface area (Å²) in [5.74, 6) is 0.0801. The van der Waals surface area contributed by atoms with E-state index in [0.29, 0.717) is 29.5 Å². The van der Waals surface area contributed by atoms with Gasteiger partial charge >= 0.3 is 6.02 Å². The number of nitrogens with zero attached hydrogens (tertiary/aromatic N) is 2. The molecule has 0 saturated carbocycles. The van der Waals surface area contributed by atoms with E-state index in [-0.39, 0.29) is 5.75 Å². The minimum Gasteiger partial charge on any atom is -0.505 e. The number of aliphatic imine (C=N–C) groups is 1.